The SMILES string of the molecule is CCC(c1nc(CCl)cs1)N1CCN(CC(C)(C)O)CC1. The fourth-order valence-corrected chi connectivity index (χ4v) is 4.17. The Morgan fingerprint density at radius 2 is 2.05 bits per heavy atom. The Labute approximate surface area is 136 Å². The van der Waals surface area contributed by atoms with Gasteiger partial charge >= 0.3 is 0 Å². The van der Waals surface area contributed by atoms with Crippen LogP contribution in [-0.2, 0) is 5.88 Å². The zero-order chi connectivity index (χ0) is 15.5. The summed E-state index contributed by atoms with van der Waals surface area (Å²) >= 11 is 7.58. The number of aliphatic hydroxyl groups is 1. The molecule has 1 aromatic rings. The van der Waals surface area contributed by atoms with E-state index in [-0.39, 0.29) is 0 Å². The van der Waals surface area contributed by atoms with E-state index in [1.54, 1.807) is 11.3 Å². The first-order valence-corrected chi connectivity index (χ1v) is 9.03. The van der Waals surface area contributed by atoms with Crippen molar-refractivity contribution < 1.29 is 5.11 Å². The monoisotopic (exact) mass is 331 g/mol. The lowest BCUT2D eigenvalue weighted by atomic mass is 10.1. The Morgan fingerprint density at radius 1 is 1.38 bits per heavy atom. The molecule has 0 saturated carbocycles. The van der Waals surface area contributed by atoms with Gasteiger partial charge in [-0.3, -0.25) is 9.80 Å². The molecule has 1 aliphatic rings. The normalized spacial score (nSPS) is 19.9. The molecule has 0 bridgehead atoms. The quantitative estimate of drug-likeness (QED) is 0.814. The van der Waals surface area contributed by atoms with Crippen molar-refractivity contribution in [3.8, 4) is 0 Å². The molecule has 0 radical (unpaired) electrons. The Bertz CT molecular complexity index is 438. The molecule has 6 heteroatoms. The minimum atomic E-state index is -0.614. The lowest BCUT2D eigenvalue weighted by molar-refractivity contribution is 0.0103. The maximum absolute atomic E-state index is 9.92. The summed E-state index contributed by atoms with van der Waals surface area (Å²) in [5.41, 5.74) is 0.368. The average Bonchev–Trinajstić information content (AvgIpc) is 2.88. The van der Waals surface area contributed by atoms with Gasteiger partial charge in [-0.25, -0.2) is 4.98 Å². The summed E-state index contributed by atoms with van der Waals surface area (Å²) in [5, 5.41) is 13.2. The van der Waals surface area contributed by atoms with E-state index in [9.17, 15) is 5.11 Å². The predicted octanol–water partition coefficient (Wildman–Crippen LogP) is 2.72. The van der Waals surface area contributed by atoms with Crippen LogP contribution in [0.3, 0.4) is 0 Å². The summed E-state index contributed by atoms with van der Waals surface area (Å²) in [6.07, 6.45) is 1.07. The highest BCUT2D eigenvalue weighted by molar-refractivity contribution is 7.09. The number of hydrogen-bond acceptors (Lipinski definition) is 5. The first kappa shape index (κ1) is 17.2. The van der Waals surface area contributed by atoms with E-state index in [0.717, 1.165) is 44.8 Å². The molecule has 1 saturated heterocycles. The largest absolute Gasteiger partial charge is 0.389 e. The second-order valence-electron chi connectivity index (χ2n) is 6.36. The zero-order valence-electron chi connectivity index (χ0n) is 13.2. The van der Waals surface area contributed by atoms with E-state index >= 15 is 0 Å². The molecule has 0 aliphatic carbocycles. The number of rotatable bonds is 6. The Hall–Kier alpha value is -0.200. The highest BCUT2D eigenvalue weighted by Gasteiger charge is 2.27. The van der Waals surface area contributed by atoms with Crippen LogP contribution in [0.15, 0.2) is 5.38 Å². The molecule has 21 heavy (non-hydrogen) atoms. The van der Waals surface area contributed by atoms with Gasteiger partial charge in [0, 0.05) is 38.1 Å². The molecule has 2 rings (SSSR count). The lowest BCUT2D eigenvalue weighted by Gasteiger charge is -2.40. The second-order valence-corrected chi connectivity index (χ2v) is 7.52. The Kier molecular flexibility index (Phi) is 6.03. The molecular weight excluding hydrogens is 306 g/mol. The van der Waals surface area contributed by atoms with E-state index in [0.29, 0.717) is 11.9 Å². The Morgan fingerprint density at radius 3 is 2.52 bits per heavy atom. The molecule has 1 unspecified atom stereocenters. The Balaban J connectivity index is 1.93. The van der Waals surface area contributed by atoms with Crippen molar-refractivity contribution in [2.24, 2.45) is 0 Å². The smallest absolute Gasteiger partial charge is 0.110 e. The van der Waals surface area contributed by atoms with Crippen molar-refractivity contribution in [1.29, 1.82) is 0 Å². The third kappa shape index (κ3) is 4.89. The molecule has 0 aromatic carbocycles. The molecule has 1 N–H and O–H groups in total. The van der Waals surface area contributed by atoms with Gasteiger partial charge in [-0.1, -0.05) is 6.92 Å². The summed E-state index contributed by atoms with van der Waals surface area (Å²) in [6.45, 7) is 10.8. The van der Waals surface area contributed by atoms with Crippen molar-refractivity contribution in [1.82, 2.24) is 14.8 Å². The van der Waals surface area contributed by atoms with Gasteiger partial charge in [-0.05, 0) is 20.3 Å². The van der Waals surface area contributed by atoms with E-state index in [2.05, 4.69) is 27.1 Å². The molecular formula is C15H26ClN3OS. The minimum absolute atomic E-state index is 0.399. The molecule has 0 spiro atoms. The number of alkyl halides is 1. The molecule has 1 atom stereocenters. The fraction of sp³-hybridized carbons (Fsp3) is 0.800. The van der Waals surface area contributed by atoms with E-state index < -0.39 is 5.60 Å². The van der Waals surface area contributed by atoms with E-state index in [1.165, 1.54) is 5.01 Å². The summed E-state index contributed by atoms with van der Waals surface area (Å²) in [5.74, 6) is 0.492. The van der Waals surface area contributed by atoms with Gasteiger partial charge in [0.1, 0.15) is 5.01 Å². The molecule has 1 fully saturated rings. The van der Waals surface area contributed by atoms with Crippen LogP contribution in [0.5, 0.6) is 0 Å². The van der Waals surface area contributed by atoms with Crippen LogP contribution < -0.4 is 0 Å². The summed E-state index contributed by atoms with van der Waals surface area (Å²) < 4.78 is 0. The number of hydrogen-bond donors (Lipinski definition) is 1. The lowest BCUT2D eigenvalue weighted by Crippen LogP contribution is -2.51. The van der Waals surface area contributed by atoms with Crippen molar-refractivity contribution in [2.75, 3.05) is 32.7 Å². The van der Waals surface area contributed by atoms with Crippen molar-refractivity contribution >= 4 is 22.9 Å². The zero-order valence-corrected chi connectivity index (χ0v) is 14.8. The summed E-state index contributed by atoms with van der Waals surface area (Å²) in [7, 11) is 0. The topological polar surface area (TPSA) is 39.6 Å². The summed E-state index contributed by atoms with van der Waals surface area (Å²) in [6, 6.07) is 0.399. The molecule has 120 valence electrons. The molecule has 2 heterocycles. The van der Waals surface area contributed by atoms with Crippen LogP contribution in [0.1, 0.15) is 43.9 Å². The van der Waals surface area contributed by atoms with Crippen molar-refractivity contribution in [3.63, 3.8) is 0 Å². The molecule has 1 aliphatic heterocycles. The third-order valence-corrected chi connectivity index (χ3v) is 5.10. The first-order chi connectivity index (χ1) is 9.93. The van der Waals surface area contributed by atoms with Crippen LogP contribution in [0.25, 0.3) is 0 Å². The number of halogens is 1. The first-order valence-electron chi connectivity index (χ1n) is 7.62. The molecule has 1 aromatic heterocycles. The number of β-amino-alcohol motifs (C(OH)–C–C–N with tert-alkyl or cyclic N) is 1. The van der Waals surface area contributed by atoms with Gasteiger partial charge in [0.2, 0.25) is 0 Å². The van der Waals surface area contributed by atoms with Gasteiger partial charge in [0.25, 0.3) is 0 Å². The average molecular weight is 332 g/mol. The highest BCUT2D eigenvalue weighted by Crippen LogP contribution is 2.28. The number of thiazole rings is 1. The standard InChI is InChI=1S/C15H26ClN3OS/c1-4-13(14-17-12(9-16)10-21-14)19-7-5-18(6-8-19)11-15(2,3)20/h10,13,20H,4-9,11H2,1-3H3. The van der Waals surface area contributed by atoms with Gasteiger partial charge in [0.05, 0.1) is 23.2 Å². The van der Waals surface area contributed by atoms with Gasteiger partial charge < -0.3 is 5.11 Å². The maximum Gasteiger partial charge on any atom is 0.110 e. The summed E-state index contributed by atoms with van der Waals surface area (Å²) in [4.78, 5) is 9.50. The predicted molar refractivity (Wildman–Crippen MR) is 89.0 cm³/mol. The minimum Gasteiger partial charge on any atom is -0.389 e. The van der Waals surface area contributed by atoms with Crippen LogP contribution >= 0.6 is 22.9 Å². The fourth-order valence-electron chi connectivity index (χ4n) is 2.91. The van der Waals surface area contributed by atoms with Crippen LogP contribution in [0, 0.1) is 0 Å². The highest BCUT2D eigenvalue weighted by atomic mass is 35.5. The van der Waals surface area contributed by atoms with Gasteiger partial charge in [0.15, 0.2) is 0 Å². The van der Waals surface area contributed by atoms with Crippen LogP contribution in [-0.4, -0.2) is 58.2 Å². The number of nitrogens with zero attached hydrogens (tertiary/aromatic N) is 3. The second kappa shape index (κ2) is 7.38. The van der Waals surface area contributed by atoms with E-state index in [1.807, 2.05) is 13.8 Å². The number of piperazine rings is 1. The number of aromatic nitrogens is 1. The van der Waals surface area contributed by atoms with Crippen LogP contribution in [0.4, 0.5) is 0 Å². The molecule has 4 nitrogen and oxygen atoms in total. The van der Waals surface area contributed by atoms with Gasteiger partial charge in [-0.15, -0.1) is 22.9 Å². The maximum atomic E-state index is 9.92. The third-order valence-electron chi connectivity index (χ3n) is 3.84. The van der Waals surface area contributed by atoms with Crippen molar-refractivity contribution in [3.05, 3.63) is 16.1 Å². The van der Waals surface area contributed by atoms with E-state index in [4.69, 9.17) is 11.6 Å². The van der Waals surface area contributed by atoms with Crippen molar-refractivity contribution in [2.45, 2.75) is 44.7 Å². The molecule has 0 amide bonds. The van der Waals surface area contributed by atoms with Crippen LogP contribution in [0.2, 0.25) is 0 Å². The van der Waals surface area contributed by atoms with Gasteiger partial charge in [-0.2, -0.15) is 0 Å².